The van der Waals surface area contributed by atoms with Gasteiger partial charge >= 0.3 is 0 Å². The second-order valence-corrected chi connectivity index (χ2v) is 11.4. The van der Waals surface area contributed by atoms with Gasteiger partial charge in [-0.15, -0.1) is 0 Å². The van der Waals surface area contributed by atoms with E-state index in [9.17, 15) is 18.1 Å². The molecule has 2 aliphatic heterocycles. The number of anilines is 1. The highest BCUT2D eigenvalue weighted by molar-refractivity contribution is 7.94. The summed E-state index contributed by atoms with van der Waals surface area (Å²) in [5.41, 5.74) is 1.85. The first kappa shape index (κ1) is 20.2. The first-order chi connectivity index (χ1) is 15.5. The van der Waals surface area contributed by atoms with E-state index in [1.54, 1.807) is 6.07 Å². The van der Waals surface area contributed by atoms with Crippen molar-refractivity contribution in [2.45, 2.75) is 36.7 Å². The largest absolute Gasteiger partial charge is 0.375 e. The molecule has 2 bridgehead atoms. The van der Waals surface area contributed by atoms with Crippen LogP contribution in [0.5, 0.6) is 0 Å². The Morgan fingerprint density at radius 1 is 1.19 bits per heavy atom. The Balaban J connectivity index is 1.35. The van der Waals surface area contributed by atoms with Crippen molar-refractivity contribution in [3.8, 4) is 6.07 Å². The number of nitriles is 1. The molecule has 2 aromatic rings. The van der Waals surface area contributed by atoms with Crippen LogP contribution in [-0.2, 0) is 32.8 Å². The van der Waals surface area contributed by atoms with E-state index in [1.807, 2.05) is 36.4 Å². The van der Waals surface area contributed by atoms with Crippen molar-refractivity contribution in [1.82, 2.24) is 0 Å². The molecule has 6 atom stereocenters. The van der Waals surface area contributed by atoms with Gasteiger partial charge in [-0.3, -0.25) is 4.31 Å². The minimum atomic E-state index is -3.79. The fourth-order valence-corrected chi connectivity index (χ4v) is 9.05. The quantitative estimate of drug-likeness (QED) is 0.626. The van der Waals surface area contributed by atoms with Crippen molar-refractivity contribution in [2.75, 3.05) is 17.5 Å². The van der Waals surface area contributed by atoms with E-state index in [1.165, 1.54) is 16.4 Å². The Morgan fingerprint density at radius 2 is 2.00 bits per heavy atom. The van der Waals surface area contributed by atoms with Crippen LogP contribution in [0, 0.1) is 29.1 Å². The van der Waals surface area contributed by atoms with Gasteiger partial charge in [-0.25, -0.2) is 12.8 Å². The molecule has 0 radical (unpaired) electrons. The molecule has 4 aliphatic rings. The number of benzene rings is 2. The van der Waals surface area contributed by atoms with Crippen molar-refractivity contribution >= 4 is 15.7 Å². The van der Waals surface area contributed by atoms with Crippen molar-refractivity contribution in [1.29, 1.82) is 5.26 Å². The Morgan fingerprint density at radius 3 is 2.75 bits per heavy atom. The van der Waals surface area contributed by atoms with Crippen LogP contribution in [0.3, 0.4) is 0 Å². The van der Waals surface area contributed by atoms with Crippen LogP contribution >= 0.6 is 0 Å². The van der Waals surface area contributed by atoms with E-state index >= 15 is 0 Å². The number of hydrogen-bond acceptors (Lipinski definition) is 5. The van der Waals surface area contributed by atoms with E-state index in [0.717, 1.165) is 12.0 Å². The summed E-state index contributed by atoms with van der Waals surface area (Å²) in [4.78, 5) is 0. The maximum Gasteiger partial charge on any atom is 0.243 e. The predicted octanol–water partition coefficient (Wildman–Crippen LogP) is 3.17. The lowest BCUT2D eigenvalue weighted by Gasteiger charge is -2.35. The van der Waals surface area contributed by atoms with Gasteiger partial charge in [-0.2, -0.15) is 5.26 Å². The molecule has 166 valence electrons. The third-order valence-electron chi connectivity index (χ3n) is 7.89. The first-order valence-corrected chi connectivity index (χ1v) is 12.3. The van der Waals surface area contributed by atoms with E-state index in [-0.39, 0.29) is 47.7 Å². The average Bonchev–Trinajstić information content (AvgIpc) is 3.36. The third-order valence-corrected chi connectivity index (χ3v) is 10.5. The molecule has 2 heterocycles. The third kappa shape index (κ3) is 2.59. The Hall–Kier alpha value is -2.47. The number of epoxide rings is 1. The van der Waals surface area contributed by atoms with E-state index in [0.29, 0.717) is 18.8 Å². The molecule has 2 saturated carbocycles. The van der Waals surface area contributed by atoms with Crippen LogP contribution in [0.4, 0.5) is 10.1 Å². The molecule has 8 heteroatoms. The Bertz CT molecular complexity index is 1210. The highest BCUT2D eigenvalue weighted by atomic mass is 32.2. The zero-order chi connectivity index (χ0) is 22.1. The SMILES string of the molecule is N#Cc1ccc(N2C[C@H]3[C@@H]4C[C@@H]([C@H]5O[C@@H]45)[C@@]3(COCc3ccccc3)S2(=O)=O)cc1CF. The molecule has 0 N–H and O–H groups in total. The molecule has 0 unspecified atom stereocenters. The minimum absolute atomic E-state index is 0.00586. The molecule has 6 nitrogen and oxygen atoms in total. The summed E-state index contributed by atoms with van der Waals surface area (Å²) in [5.74, 6) is 0.0120. The molecular weight excluding hydrogens is 431 g/mol. The number of rotatable bonds is 6. The Labute approximate surface area is 186 Å². The average molecular weight is 455 g/mol. The fraction of sp³-hybridized carbons (Fsp3) is 0.458. The standard InChI is InChI=1S/C24H23FN2O4S/c25-10-17-8-18(7-6-16(17)11-26)27-12-21-19-9-20(23-22(19)31-23)24(21,32(27,28)29)14-30-13-15-4-2-1-3-5-15/h1-8,19-23H,9-10,12-14H2/t19-,20-,21-,22-,23+,24+/m0/s1. The van der Waals surface area contributed by atoms with Crippen LogP contribution in [0.2, 0.25) is 0 Å². The second kappa shape index (κ2) is 7.01. The zero-order valence-corrected chi connectivity index (χ0v) is 18.2. The van der Waals surface area contributed by atoms with Crippen molar-refractivity contribution in [3.05, 3.63) is 65.2 Å². The molecule has 32 heavy (non-hydrogen) atoms. The van der Waals surface area contributed by atoms with E-state index < -0.39 is 21.4 Å². The number of nitrogens with zero attached hydrogens (tertiary/aromatic N) is 2. The summed E-state index contributed by atoms with van der Waals surface area (Å²) in [6, 6.07) is 16.3. The summed E-state index contributed by atoms with van der Waals surface area (Å²) in [6.45, 7) is -0.0174. The van der Waals surface area contributed by atoms with Gasteiger partial charge in [0.25, 0.3) is 0 Å². The zero-order valence-electron chi connectivity index (χ0n) is 17.4. The normalized spacial score (nSPS) is 35.4. The predicted molar refractivity (Wildman–Crippen MR) is 115 cm³/mol. The number of halogens is 1. The maximum absolute atomic E-state index is 14.1. The van der Waals surface area contributed by atoms with Crippen molar-refractivity contribution in [3.63, 3.8) is 0 Å². The summed E-state index contributed by atoms with van der Waals surface area (Å²) < 4.78 is 54.0. The van der Waals surface area contributed by atoms with Gasteiger partial charge in [0.1, 0.15) is 11.4 Å². The van der Waals surface area contributed by atoms with Crippen LogP contribution in [-0.4, -0.2) is 38.5 Å². The molecule has 4 fully saturated rings. The lowest BCUT2D eigenvalue weighted by Crippen LogP contribution is -2.53. The maximum atomic E-state index is 14.1. The lowest BCUT2D eigenvalue weighted by atomic mass is 9.79. The molecule has 0 spiro atoms. The number of fused-ring (bicyclic) bond motifs is 8. The first-order valence-electron chi connectivity index (χ1n) is 10.9. The van der Waals surface area contributed by atoms with Gasteiger partial charge in [0.15, 0.2) is 0 Å². The molecule has 2 saturated heterocycles. The molecule has 2 aliphatic carbocycles. The van der Waals surface area contributed by atoms with Crippen molar-refractivity contribution in [2.24, 2.45) is 17.8 Å². The highest BCUT2D eigenvalue weighted by Crippen LogP contribution is 2.68. The molecule has 2 aromatic carbocycles. The Kier molecular flexibility index (Phi) is 4.42. The van der Waals surface area contributed by atoms with Crippen LogP contribution in [0.1, 0.15) is 23.1 Å². The number of sulfonamides is 1. The van der Waals surface area contributed by atoms with Gasteiger partial charge in [0.2, 0.25) is 10.0 Å². The van der Waals surface area contributed by atoms with E-state index in [4.69, 9.17) is 9.47 Å². The van der Waals surface area contributed by atoms with Gasteiger partial charge in [-0.05, 0) is 36.1 Å². The molecule has 0 amide bonds. The van der Waals surface area contributed by atoms with Gasteiger partial charge in [0.05, 0.1) is 42.7 Å². The van der Waals surface area contributed by atoms with Gasteiger partial charge in [-0.1, -0.05) is 30.3 Å². The molecular formula is C24H23FN2O4S. The number of alkyl halides is 1. The van der Waals surface area contributed by atoms with Crippen LogP contribution < -0.4 is 4.31 Å². The summed E-state index contributed by atoms with van der Waals surface area (Å²) in [5, 5.41) is 9.20. The summed E-state index contributed by atoms with van der Waals surface area (Å²) >= 11 is 0. The number of hydrogen-bond donors (Lipinski definition) is 0. The lowest BCUT2D eigenvalue weighted by molar-refractivity contribution is 0.0674. The second-order valence-electron chi connectivity index (χ2n) is 9.23. The highest BCUT2D eigenvalue weighted by Gasteiger charge is 2.80. The minimum Gasteiger partial charge on any atom is -0.375 e. The summed E-state index contributed by atoms with van der Waals surface area (Å²) in [6.07, 6.45) is 1.00. The monoisotopic (exact) mass is 454 g/mol. The van der Waals surface area contributed by atoms with Crippen LogP contribution in [0.25, 0.3) is 0 Å². The van der Waals surface area contributed by atoms with Crippen LogP contribution in [0.15, 0.2) is 48.5 Å². The molecule has 6 rings (SSSR count). The topological polar surface area (TPSA) is 82.9 Å². The summed E-state index contributed by atoms with van der Waals surface area (Å²) in [7, 11) is -3.79. The van der Waals surface area contributed by atoms with Crippen molar-refractivity contribution < 1.29 is 22.3 Å². The van der Waals surface area contributed by atoms with E-state index in [2.05, 4.69) is 0 Å². The smallest absolute Gasteiger partial charge is 0.243 e. The van der Waals surface area contributed by atoms with Gasteiger partial charge in [0, 0.05) is 23.9 Å². The molecule has 0 aromatic heterocycles. The van der Waals surface area contributed by atoms with Gasteiger partial charge < -0.3 is 9.47 Å². The fourth-order valence-electron chi connectivity index (χ4n) is 6.42. The number of ether oxygens (including phenoxy) is 2.